The van der Waals surface area contributed by atoms with E-state index in [9.17, 15) is 17.6 Å². The molecular weight excluding hydrogens is 391 g/mol. The molecule has 1 aliphatic rings. The molecule has 1 N–H and O–H groups in total. The van der Waals surface area contributed by atoms with Gasteiger partial charge in [0, 0.05) is 11.7 Å². The number of nitrogens with zero attached hydrogens (tertiary/aromatic N) is 1. The van der Waals surface area contributed by atoms with Crippen LogP contribution in [0, 0.1) is 5.82 Å². The average Bonchev–Trinajstić information content (AvgIpc) is 2.73. The van der Waals surface area contributed by atoms with Gasteiger partial charge in [0.15, 0.2) is 0 Å². The number of amides is 1. The van der Waals surface area contributed by atoms with E-state index in [4.69, 9.17) is 0 Å². The second-order valence-electron chi connectivity index (χ2n) is 7.39. The first-order valence-corrected chi connectivity index (χ1v) is 11.5. The van der Waals surface area contributed by atoms with Gasteiger partial charge in [0.25, 0.3) is 0 Å². The average molecular weight is 419 g/mol. The zero-order valence-electron chi connectivity index (χ0n) is 16.6. The Hall–Kier alpha value is -2.25. The summed E-state index contributed by atoms with van der Waals surface area (Å²) < 4.78 is 41.0. The lowest BCUT2D eigenvalue weighted by atomic mass is 9.95. The molecule has 1 aliphatic carbocycles. The van der Waals surface area contributed by atoms with Crippen molar-refractivity contribution in [1.82, 2.24) is 4.31 Å². The number of aryl methyl sites for hydroxylation is 1. The largest absolute Gasteiger partial charge is 0.325 e. The van der Waals surface area contributed by atoms with Crippen LogP contribution in [0.2, 0.25) is 0 Å². The summed E-state index contributed by atoms with van der Waals surface area (Å²) in [6, 6.07) is 12.0. The number of halogens is 1. The Morgan fingerprint density at radius 2 is 1.66 bits per heavy atom. The van der Waals surface area contributed by atoms with Gasteiger partial charge in [-0.05, 0) is 61.2 Å². The maximum absolute atomic E-state index is 13.3. The van der Waals surface area contributed by atoms with Crippen molar-refractivity contribution in [3.63, 3.8) is 0 Å². The van der Waals surface area contributed by atoms with E-state index < -0.39 is 15.8 Å². The molecule has 1 fully saturated rings. The monoisotopic (exact) mass is 418 g/mol. The van der Waals surface area contributed by atoms with Crippen LogP contribution in [0.25, 0.3) is 0 Å². The van der Waals surface area contributed by atoms with E-state index in [1.165, 1.54) is 16.4 Å². The van der Waals surface area contributed by atoms with Crippen molar-refractivity contribution < 1.29 is 17.6 Å². The summed E-state index contributed by atoms with van der Waals surface area (Å²) in [5.41, 5.74) is 1.79. The highest BCUT2D eigenvalue weighted by Crippen LogP contribution is 2.28. The molecular formula is C22H27FN2O3S. The van der Waals surface area contributed by atoms with Crippen LogP contribution < -0.4 is 5.32 Å². The molecule has 0 radical (unpaired) electrons. The Balaban J connectivity index is 1.81. The summed E-state index contributed by atoms with van der Waals surface area (Å²) in [4.78, 5) is 12.7. The number of nitrogens with one attached hydrogen (secondary N) is 1. The summed E-state index contributed by atoms with van der Waals surface area (Å²) in [6.07, 6.45) is 5.27. The quantitative estimate of drug-likeness (QED) is 0.727. The van der Waals surface area contributed by atoms with Crippen LogP contribution in [-0.4, -0.2) is 31.2 Å². The minimum absolute atomic E-state index is 0.00423. The summed E-state index contributed by atoms with van der Waals surface area (Å²) >= 11 is 0. The van der Waals surface area contributed by atoms with Gasteiger partial charge in [-0.15, -0.1) is 0 Å². The maximum Gasteiger partial charge on any atom is 0.243 e. The van der Waals surface area contributed by atoms with Crippen molar-refractivity contribution in [2.75, 3.05) is 11.9 Å². The number of hydrogen-bond donors (Lipinski definition) is 1. The molecule has 2 aromatic rings. The van der Waals surface area contributed by atoms with Gasteiger partial charge in [-0.25, -0.2) is 12.8 Å². The van der Waals surface area contributed by atoms with E-state index in [1.54, 1.807) is 0 Å². The van der Waals surface area contributed by atoms with E-state index in [1.807, 2.05) is 24.3 Å². The minimum Gasteiger partial charge on any atom is -0.325 e. The van der Waals surface area contributed by atoms with Gasteiger partial charge in [-0.2, -0.15) is 4.31 Å². The number of sulfonamides is 1. The number of benzene rings is 2. The zero-order valence-corrected chi connectivity index (χ0v) is 17.4. The van der Waals surface area contributed by atoms with Crippen molar-refractivity contribution >= 4 is 21.6 Å². The molecule has 29 heavy (non-hydrogen) atoms. The molecule has 0 spiro atoms. The van der Waals surface area contributed by atoms with Gasteiger partial charge in [-0.3, -0.25) is 4.79 Å². The number of carbonyl (C=O) groups is 1. The van der Waals surface area contributed by atoms with Crippen molar-refractivity contribution in [3.8, 4) is 0 Å². The molecule has 5 nitrogen and oxygen atoms in total. The van der Waals surface area contributed by atoms with Crippen molar-refractivity contribution in [1.29, 1.82) is 0 Å². The normalized spacial score (nSPS) is 15.4. The lowest BCUT2D eigenvalue weighted by Gasteiger charge is -2.33. The lowest BCUT2D eigenvalue weighted by Crippen LogP contribution is -2.45. The SMILES string of the molecule is CCc1ccc(NC(=O)CN(C2CCCCC2)S(=O)(=O)c2ccc(F)cc2)cc1. The van der Waals surface area contributed by atoms with Crippen LogP contribution in [0.3, 0.4) is 0 Å². The molecule has 0 bridgehead atoms. The number of hydrogen-bond acceptors (Lipinski definition) is 3. The summed E-state index contributed by atoms with van der Waals surface area (Å²) in [5.74, 6) is -0.882. The van der Waals surface area contributed by atoms with Gasteiger partial charge in [-0.1, -0.05) is 38.3 Å². The summed E-state index contributed by atoms with van der Waals surface area (Å²) in [7, 11) is -3.91. The van der Waals surface area contributed by atoms with Gasteiger partial charge < -0.3 is 5.32 Å². The van der Waals surface area contributed by atoms with Gasteiger partial charge >= 0.3 is 0 Å². The molecule has 3 rings (SSSR count). The Morgan fingerprint density at radius 1 is 1.03 bits per heavy atom. The van der Waals surface area contributed by atoms with Crippen molar-refractivity contribution in [2.45, 2.75) is 56.4 Å². The summed E-state index contributed by atoms with van der Waals surface area (Å²) in [5, 5.41) is 2.79. The molecule has 2 aromatic carbocycles. The molecule has 7 heteroatoms. The Bertz CT molecular complexity index is 922. The maximum atomic E-state index is 13.3. The summed E-state index contributed by atoms with van der Waals surface area (Å²) in [6.45, 7) is 1.79. The van der Waals surface area contributed by atoms with E-state index in [0.29, 0.717) is 5.69 Å². The second kappa shape index (κ2) is 9.50. The van der Waals surface area contributed by atoms with Gasteiger partial charge in [0.2, 0.25) is 15.9 Å². The van der Waals surface area contributed by atoms with E-state index in [0.717, 1.165) is 56.2 Å². The van der Waals surface area contributed by atoms with Crippen LogP contribution in [0.15, 0.2) is 53.4 Å². The molecule has 0 heterocycles. The zero-order chi connectivity index (χ0) is 20.9. The number of rotatable bonds is 7. The Kier molecular flexibility index (Phi) is 7.03. The van der Waals surface area contributed by atoms with E-state index >= 15 is 0 Å². The first-order chi connectivity index (χ1) is 13.9. The third kappa shape index (κ3) is 5.42. The molecule has 0 saturated heterocycles. The second-order valence-corrected chi connectivity index (χ2v) is 9.29. The predicted octanol–water partition coefficient (Wildman–Crippen LogP) is 4.35. The van der Waals surface area contributed by atoms with Gasteiger partial charge in [0.05, 0.1) is 11.4 Å². The standard InChI is InChI=1S/C22H27FN2O3S/c1-2-17-8-12-19(13-9-17)24-22(26)16-25(20-6-4-3-5-7-20)29(27,28)21-14-10-18(23)11-15-21/h8-15,20H,2-7,16H2,1H3,(H,24,26). The molecule has 0 unspecified atom stereocenters. The fraction of sp³-hybridized carbons (Fsp3) is 0.409. The van der Waals surface area contributed by atoms with E-state index in [-0.39, 0.29) is 23.4 Å². The van der Waals surface area contributed by atoms with Crippen LogP contribution in [0.1, 0.15) is 44.6 Å². The molecule has 1 amide bonds. The molecule has 1 saturated carbocycles. The molecule has 156 valence electrons. The fourth-order valence-electron chi connectivity index (χ4n) is 3.69. The van der Waals surface area contributed by atoms with Crippen LogP contribution in [0.5, 0.6) is 0 Å². The molecule has 0 aliphatic heterocycles. The predicted molar refractivity (Wildman–Crippen MR) is 112 cm³/mol. The number of anilines is 1. The Labute approximate surface area is 172 Å². The fourth-order valence-corrected chi connectivity index (χ4v) is 5.33. The van der Waals surface area contributed by atoms with Crippen LogP contribution >= 0.6 is 0 Å². The van der Waals surface area contributed by atoms with Crippen LogP contribution in [-0.2, 0) is 21.2 Å². The number of carbonyl (C=O) groups excluding carboxylic acids is 1. The Morgan fingerprint density at radius 3 is 2.24 bits per heavy atom. The van der Waals surface area contributed by atoms with Crippen LogP contribution in [0.4, 0.5) is 10.1 Å². The highest BCUT2D eigenvalue weighted by atomic mass is 32.2. The lowest BCUT2D eigenvalue weighted by molar-refractivity contribution is -0.116. The molecule has 0 aromatic heterocycles. The van der Waals surface area contributed by atoms with E-state index in [2.05, 4.69) is 12.2 Å². The first kappa shape index (κ1) is 21.5. The van der Waals surface area contributed by atoms with Gasteiger partial charge in [0.1, 0.15) is 5.82 Å². The first-order valence-electron chi connectivity index (χ1n) is 10.1. The third-order valence-electron chi connectivity index (χ3n) is 5.35. The van der Waals surface area contributed by atoms with Crippen molar-refractivity contribution in [3.05, 3.63) is 59.9 Å². The topological polar surface area (TPSA) is 66.5 Å². The highest BCUT2D eigenvalue weighted by molar-refractivity contribution is 7.89. The highest BCUT2D eigenvalue weighted by Gasteiger charge is 2.34. The molecule has 0 atom stereocenters. The van der Waals surface area contributed by atoms with Crippen molar-refractivity contribution in [2.24, 2.45) is 0 Å². The smallest absolute Gasteiger partial charge is 0.243 e. The third-order valence-corrected chi connectivity index (χ3v) is 7.26. The minimum atomic E-state index is -3.91.